The first-order chi connectivity index (χ1) is 8.56. The van der Waals surface area contributed by atoms with Crippen LogP contribution in [0.2, 0.25) is 0 Å². The zero-order valence-corrected chi connectivity index (χ0v) is 10.6. The summed E-state index contributed by atoms with van der Waals surface area (Å²) in [6, 6.07) is 8.32. The lowest BCUT2D eigenvalue weighted by Crippen LogP contribution is -2.40. The first-order valence-electron chi connectivity index (χ1n) is 5.72. The van der Waals surface area contributed by atoms with Gasteiger partial charge in [0.05, 0.1) is 6.61 Å². The number of aliphatic hydroxyl groups is 1. The van der Waals surface area contributed by atoms with E-state index in [1.165, 1.54) is 4.90 Å². The van der Waals surface area contributed by atoms with Crippen LogP contribution in [-0.2, 0) is 9.59 Å². The standard InChI is InChI=1S/C13H18N2O3/c1-15(2)13(18)12(14-11(17)8-9-16)10-6-4-3-5-7-10/h3-7,12,16H,8-9H2,1-2H3,(H,14,17)/t12-/m1/s1. The van der Waals surface area contributed by atoms with Gasteiger partial charge in [-0.1, -0.05) is 30.3 Å². The number of aliphatic hydroxyl groups excluding tert-OH is 1. The van der Waals surface area contributed by atoms with Crippen LogP contribution >= 0.6 is 0 Å². The molecule has 18 heavy (non-hydrogen) atoms. The number of hydrogen-bond donors (Lipinski definition) is 2. The molecule has 98 valence electrons. The monoisotopic (exact) mass is 250 g/mol. The maximum Gasteiger partial charge on any atom is 0.249 e. The molecule has 0 bridgehead atoms. The Morgan fingerprint density at radius 1 is 1.28 bits per heavy atom. The van der Waals surface area contributed by atoms with Gasteiger partial charge < -0.3 is 15.3 Å². The molecule has 2 amide bonds. The van der Waals surface area contributed by atoms with Crippen molar-refractivity contribution in [2.75, 3.05) is 20.7 Å². The van der Waals surface area contributed by atoms with E-state index in [9.17, 15) is 9.59 Å². The number of carbonyl (C=O) groups excluding carboxylic acids is 2. The Kier molecular flexibility index (Phi) is 5.32. The van der Waals surface area contributed by atoms with Gasteiger partial charge in [-0.3, -0.25) is 9.59 Å². The molecule has 0 aliphatic carbocycles. The molecule has 0 unspecified atom stereocenters. The van der Waals surface area contributed by atoms with Crippen molar-refractivity contribution in [1.29, 1.82) is 0 Å². The summed E-state index contributed by atoms with van der Waals surface area (Å²) in [4.78, 5) is 25.0. The highest BCUT2D eigenvalue weighted by molar-refractivity contribution is 5.88. The average Bonchev–Trinajstić information content (AvgIpc) is 2.36. The predicted molar refractivity (Wildman–Crippen MR) is 67.7 cm³/mol. The van der Waals surface area contributed by atoms with Crippen LogP contribution in [0.4, 0.5) is 0 Å². The maximum absolute atomic E-state index is 12.0. The van der Waals surface area contributed by atoms with Crippen molar-refractivity contribution in [2.24, 2.45) is 0 Å². The molecule has 0 aliphatic rings. The van der Waals surface area contributed by atoms with Crippen molar-refractivity contribution in [2.45, 2.75) is 12.5 Å². The molecule has 0 aromatic heterocycles. The minimum atomic E-state index is -0.708. The second-order valence-corrected chi connectivity index (χ2v) is 4.12. The van der Waals surface area contributed by atoms with E-state index in [1.54, 1.807) is 26.2 Å². The van der Waals surface area contributed by atoms with Crippen molar-refractivity contribution in [1.82, 2.24) is 10.2 Å². The zero-order valence-electron chi connectivity index (χ0n) is 10.6. The third-order valence-corrected chi connectivity index (χ3v) is 2.46. The third kappa shape index (κ3) is 3.85. The molecule has 1 atom stereocenters. The van der Waals surface area contributed by atoms with Crippen molar-refractivity contribution >= 4 is 11.8 Å². The van der Waals surface area contributed by atoms with Crippen molar-refractivity contribution in [3.05, 3.63) is 35.9 Å². The summed E-state index contributed by atoms with van der Waals surface area (Å²) in [7, 11) is 3.27. The SMILES string of the molecule is CN(C)C(=O)[C@H](NC(=O)CCO)c1ccccc1. The van der Waals surface area contributed by atoms with Crippen molar-refractivity contribution < 1.29 is 14.7 Å². The van der Waals surface area contributed by atoms with E-state index in [4.69, 9.17) is 5.11 Å². The Balaban J connectivity index is 2.89. The van der Waals surface area contributed by atoms with Crippen LogP contribution in [0, 0.1) is 0 Å². The smallest absolute Gasteiger partial charge is 0.249 e. The summed E-state index contributed by atoms with van der Waals surface area (Å²) >= 11 is 0. The van der Waals surface area contributed by atoms with Gasteiger partial charge in [-0.05, 0) is 5.56 Å². The van der Waals surface area contributed by atoms with Gasteiger partial charge >= 0.3 is 0 Å². The number of likely N-dealkylation sites (N-methyl/N-ethyl adjacent to an activating group) is 1. The molecule has 0 saturated heterocycles. The molecule has 5 nitrogen and oxygen atoms in total. The highest BCUT2D eigenvalue weighted by Gasteiger charge is 2.23. The van der Waals surface area contributed by atoms with E-state index in [-0.39, 0.29) is 24.8 Å². The Hall–Kier alpha value is -1.88. The predicted octanol–water partition coefficient (Wildman–Crippen LogP) is 0.315. The summed E-state index contributed by atoms with van der Waals surface area (Å²) < 4.78 is 0. The number of carbonyl (C=O) groups is 2. The fourth-order valence-corrected chi connectivity index (χ4v) is 1.53. The molecular formula is C13H18N2O3. The van der Waals surface area contributed by atoms with Crippen LogP contribution in [-0.4, -0.2) is 42.5 Å². The van der Waals surface area contributed by atoms with Gasteiger partial charge in [-0.2, -0.15) is 0 Å². The fourth-order valence-electron chi connectivity index (χ4n) is 1.53. The Bertz CT molecular complexity index is 404. The lowest BCUT2D eigenvalue weighted by Gasteiger charge is -2.22. The lowest BCUT2D eigenvalue weighted by atomic mass is 10.1. The Labute approximate surface area is 106 Å². The summed E-state index contributed by atoms with van der Waals surface area (Å²) in [5.74, 6) is -0.547. The van der Waals surface area contributed by atoms with Gasteiger partial charge in [0.15, 0.2) is 0 Å². The number of benzene rings is 1. The van der Waals surface area contributed by atoms with Gasteiger partial charge in [0.1, 0.15) is 6.04 Å². The van der Waals surface area contributed by atoms with E-state index in [1.807, 2.05) is 18.2 Å². The summed E-state index contributed by atoms with van der Waals surface area (Å²) in [6.07, 6.45) is -0.00988. The quantitative estimate of drug-likeness (QED) is 0.790. The number of rotatable bonds is 5. The van der Waals surface area contributed by atoms with Gasteiger partial charge in [-0.15, -0.1) is 0 Å². The molecule has 1 aromatic carbocycles. The van der Waals surface area contributed by atoms with Crippen LogP contribution in [0.15, 0.2) is 30.3 Å². The average molecular weight is 250 g/mol. The molecule has 1 aromatic rings. The molecule has 0 saturated carbocycles. The molecule has 0 spiro atoms. The van der Waals surface area contributed by atoms with Crippen LogP contribution in [0.3, 0.4) is 0 Å². The summed E-state index contributed by atoms with van der Waals surface area (Å²) in [5, 5.41) is 11.3. The topological polar surface area (TPSA) is 69.6 Å². The van der Waals surface area contributed by atoms with Crippen LogP contribution in [0.5, 0.6) is 0 Å². The zero-order chi connectivity index (χ0) is 13.5. The maximum atomic E-state index is 12.0. The minimum absolute atomic E-state index is 0.00988. The summed E-state index contributed by atoms with van der Waals surface area (Å²) in [5.41, 5.74) is 0.725. The van der Waals surface area contributed by atoms with Gasteiger partial charge in [-0.25, -0.2) is 0 Å². The third-order valence-electron chi connectivity index (χ3n) is 2.46. The molecule has 5 heteroatoms. The van der Waals surface area contributed by atoms with Gasteiger partial charge in [0.2, 0.25) is 11.8 Å². The van der Waals surface area contributed by atoms with Crippen LogP contribution < -0.4 is 5.32 Å². The van der Waals surface area contributed by atoms with Gasteiger partial charge in [0.25, 0.3) is 0 Å². The van der Waals surface area contributed by atoms with E-state index in [0.717, 1.165) is 5.56 Å². The minimum Gasteiger partial charge on any atom is -0.396 e. The van der Waals surface area contributed by atoms with Gasteiger partial charge in [0, 0.05) is 20.5 Å². The molecule has 0 radical (unpaired) electrons. The number of amides is 2. The highest BCUT2D eigenvalue weighted by atomic mass is 16.3. The number of nitrogens with one attached hydrogen (secondary N) is 1. The molecule has 1 rings (SSSR count). The highest BCUT2D eigenvalue weighted by Crippen LogP contribution is 2.14. The van der Waals surface area contributed by atoms with Crippen LogP contribution in [0.1, 0.15) is 18.0 Å². The molecule has 0 heterocycles. The number of nitrogens with zero attached hydrogens (tertiary/aromatic N) is 1. The number of hydrogen-bond acceptors (Lipinski definition) is 3. The Morgan fingerprint density at radius 2 is 1.89 bits per heavy atom. The molecule has 2 N–H and O–H groups in total. The first kappa shape index (κ1) is 14.2. The van der Waals surface area contributed by atoms with Crippen molar-refractivity contribution in [3.8, 4) is 0 Å². The van der Waals surface area contributed by atoms with E-state index in [2.05, 4.69) is 5.32 Å². The molecule has 0 fully saturated rings. The normalized spacial score (nSPS) is 11.7. The second-order valence-electron chi connectivity index (χ2n) is 4.12. The Morgan fingerprint density at radius 3 is 2.39 bits per heavy atom. The second kappa shape index (κ2) is 6.76. The van der Waals surface area contributed by atoms with Crippen molar-refractivity contribution in [3.63, 3.8) is 0 Å². The molecular weight excluding hydrogens is 232 g/mol. The van der Waals surface area contributed by atoms with E-state index < -0.39 is 6.04 Å². The fraction of sp³-hybridized carbons (Fsp3) is 0.385. The first-order valence-corrected chi connectivity index (χ1v) is 5.72. The molecule has 0 aliphatic heterocycles. The van der Waals surface area contributed by atoms with E-state index >= 15 is 0 Å². The summed E-state index contributed by atoms with van der Waals surface area (Å²) in [6.45, 7) is -0.233. The van der Waals surface area contributed by atoms with Crippen LogP contribution in [0.25, 0.3) is 0 Å². The van der Waals surface area contributed by atoms with E-state index in [0.29, 0.717) is 0 Å². The lowest BCUT2D eigenvalue weighted by molar-refractivity contribution is -0.134. The largest absolute Gasteiger partial charge is 0.396 e.